The van der Waals surface area contributed by atoms with Crippen molar-refractivity contribution in [1.29, 1.82) is 0 Å². The Kier molecular flexibility index (Phi) is 5.23. The Labute approximate surface area is 110 Å². The fourth-order valence-corrected chi connectivity index (χ4v) is 1.23. The summed E-state index contributed by atoms with van der Waals surface area (Å²) in [5, 5.41) is 2.61. The molecule has 0 spiro atoms. The zero-order valence-corrected chi connectivity index (χ0v) is 11.1. The fraction of sp³-hybridized carbons (Fsp3) is 0.462. The van der Waals surface area contributed by atoms with Crippen molar-refractivity contribution in [1.82, 2.24) is 0 Å². The van der Waals surface area contributed by atoms with Gasteiger partial charge in [-0.3, -0.25) is 4.89 Å². The molecular formula is C13H17F2NO3. The number of benzene rings is 1. The summed E-state index contributed by atoms with van der Waals surface area (Å²) < 4.78 is 25.2. The summed E-state index contributed by atoms with van der Waals surface area (Å²) in [6.07, 6.45) is 0. The topological polar surface area (TPSA) is 47.6 Å². The molecule has 19 heavy (non-hydrogen) atoms. The maximum atomic E-state index is 13.1. The number of hydrogen-bond acceptors (Lipinski definition) is 4. The lowest BCUT2D eigenvalue weighted by molar-refractivity contribution is -0.301. The first-order chi connectivity index (χ1) is 8.83. The van der Waals surface area contributed by atoms with Crippen LogP contribution in [-0.2, 0) is 9.78 Å². The lowest BCUT2D eigenvalue weighted by atomic mass is 10.1. The van der Waals surface area contributed by atoms with Gasteiger partial charge in [0.1, 0.15) is 18.1 Å². The lowest BCUT2D eigenvalue weighted by Crippen LogP contribution is -2.22. The number of hydrogen-bond donors (Lipinski definition) is 1. The summed E-state index contributed by atoms with van der Waals surface area (Å²) in [5.41, 5.74) is -0.401. The van der Waals surface area contributed by atoms with Crippen LogP contribution in [0.25, 0.3) is 0 Å². The van der Waals surface area contributed by atoms with Crippen LogP contribution in [0.4, 0.5) is 14.5 Å². The third-order valence-corrected chi connectivity index (χ3v) is 1.98. The van der Waals surface area contributed by atoms with Gasteiger partial charge in [0.05, 0.1) is 11.3 Å². The van der Waals surface area contributed by atoms with Crippen LogP contribution in [0.1, 0.15) is 31.1 Å². The van der Waals surface area contributed by atoms with E-state index in [-0.39, 0.29) is 17.8 Å². The van der Waals surface area contributed by atoms with Crippen LogP contribution in [0, 0.1) is 5.82 Å². The van der Waals surface area contributed by atoms with Gasteiger partial charge in [-0.1, -0.05) is 0 Å². The quantitative estimate of drug-likeness (QED) is 0.661. The van der Waals surface area contributed by atoms with Gasteiger partial charge in [0.25, 0.3) is 0 Å². The molecule has 0 aliphatic heterocycles. The number of anilines is 1. The monoisotopic (exact) mass is 273 g/mol. The molecule has 0 aromatic heterocycles. The maximum absolute atomic E-state index is 13.1. The molecule has 106 valence electrons. The summed E-state index contributed by atoms with van der Waals surface area (Å²) in [6.45, 7) is 4.49. The summed E-state index contributed by atoms with van der Waals surface area (Å²) in [7, 11) is 0. The predicted octanol–water partition coefficient (Wildman–Crippen LogP) is 3.09. The second-order valence-electron chi connectivity index (χ2n) is 4.87. The summed E-state index contributed by atoms with van der Waals surface area (Å²) in [5.74, 6) is -1.30. The molecule has 0 amide bonds. The van der Waals surface area contributed by atoms with E-state index in [9.17, 15) is 13.6 Å². The van der Waals surface area contributed by atoms with Gasteiger partial charge < -0.3 is 5.32 Å². The van der Waals surface area contributed by atoms with E-state index < -0.39 is 24.1 Å². The highest BCUT2D eigenvalue weighted by atomic mass is 19.1. The predicted molar refractivity (Wildman–Crippen MR) is 67.1 cm³/mol. The molecule has 0 fully saturated rings. The molecule has 0 radical (unpaired) electrons. The average Bonchev–Trinajstić information content (AvgIpc) is 2.32. The zero-order chi connectivity index (χ0) is 14.5. The Morgan fingerprint density at radius 1 is 1.37 bits per heavy atom. The number of carbonyl (C=O) groups excluding carboxylic acids is 1. The van der Waals surface area contributed by atoms with Crippen LogP contribution in [0.5, 0.6) is 0 Å². The van der Waals surface area contributed by atoms with Gasteiger partial charge in [0.2, 0.25) is 0 Å². The number of alkyl halides is 1. The van der Waals surface area contributed by atoms with E-state index in [1.54, 1.807) is 20.8 Å². The van der Waals surface area contributed by atoms with Crippen molar-refractivity contribution in [2.45, 2.75) is 26.4 Å². The van der Waals surface area contributed by atoms with Crippen molar-refractivity contribution in [3.63, 3.8) is 0 Å². The van der Waals surface area contributed by atoms with Gasteiger partial charge in [0.15, 0.2) is 0 Å². The molecule has 0 saturated heterocycles. The van der Waals surface area contributed by atoms with E-state index >= 15 is 0 Å². The van der Waals surface area contributed by atoms with Crippen molar-refractivity contribution in [2.24, 2.45) is 0 Å². The largest absolute Gasteiger partial charge is 0.382 e. The van der Waals surface area contributed by atoms with Gasteiger partial charge in [-0.05, 0) is 39.0 Å². The SMILES string of the molecule is CC(C)(C)OOC(=O)c1ccc(F)cc1NCCF. The third-order valence-electron chi connectivity index (χ3n) is 1.98. The van der Waals surface area contributed by atoms with E-state index in [1.165, 1.54) is 6.07 Å². The van der Waals surface area contributed by atoms with Gasteiger partial charge in [0, 0.05) is 6.54 Å². The van der Waals surface area contributed by atoms with Crippen LogP contribution >= 0.6 is 0 Å². The normalized spacial score (nSPS) is 11.2. The molecule has 1 aromatic rings. The first-order valence-corrected chi connectivity index (χ1v) is 5.83. The van der Waals surface area contributed by atoms with Crippen molar-refractivity contribution < 1.29 is 23.4 Å². The Hall–Kier alpha value is -1.69. The molecule has 0 bridgehead atoms. The van der Waals surface area contributed by atoms with E-state index in [0.29, 0.717) is 0 Å². The third kappa shape index (κ3) is 5.21. The average molecular weight is 273 g/mol. The van der Waals surface area contributed by atoms with Crippen LogP contribution in [0.2, 0.25) is 0 Å². The molecule has 1 rings (SSSR count). The van der Waals surface area contributed by atoms with Gasteiger partial charge in [-0.15, -0.1) is 0 Å². The molecule has 1 N–H and O–H groups in total. The highest BCUT2D eigenvalue weighted by Crippen LogP contribution is 2.19. The smallest absolute Gasteiger partial charge is 0.375 e. The standard InChI is InChI=1S/C13H17F2NO3/c1-13(2,3)19-18-12(17)10-5-4-9(15)8-11(10)16-7-6-14/h4-5,8,16H,6-7H2,1-3H3. The first-order valence-electron chi connectivity index (χ1n) is 5.83. The molecule has 0 unspecified atom stereocenters. The Morgan fingerprint density at radius 2 is 2.05 bits per heavy atom. The second-order valence-corrected chi connectivity index (χ2v) is 4.87. The minimum atomic E-state index is -0.767. The van der Waals surface area contributed by atoms with E-state index in [1.807, 2.05) is 0 Å². The first kappa shape index (κ1) is 15.4. The van der Waals surface area contributed by atoms with Crippen LogP contribution in [-0.4, -0.2) is 24.8 Å². The number of nitrogens with one attached hydrogen (secondary N) is 1. The van der Waals surface area contributed by atoms with Gasteiger partial charge in [-0.25, -0.2) is 13.6 Å². The van der Waals surface area contributed by atoms with E-state index in [2.05, 4.69) is 10.2 Å². The molecule has 0 saturated carbocycles. The van der Waals surface area contributed by atoms with E-state index in [4.69, 9.17) is 4.89 Å². The fourth-order valence-electron chi connectivity index (χ4n) is 1.23. The van der Waals surface area contributed by atoms with Crippen molar-refractivity contribution in [3.05, 3.63) is 29.6 Å². The maximum Gasteiger partial charge on any atom is 0.375 e. The molecule has 4 nitrogen and oxygen atoms in total. The summed E-state index contributed by atoms with van der Waals surface area (Å²) >= 11 is 0. The zero-order valence-electron chi connectivity index (χ0n) is 11.1. The molecule has 0 heterocycles. The second kappa shape index (κ2) is 6.47. The lowest BCUT2D eigenvalue weighted by Gasteiger charge is -2.17. The number of rotatable bonds is 5. The Balaban J connectivity index is 2.83. The minimum absolute atomic E-state index is 0.0239. The van der Waals surface area contributed by atoms with E-state index in [0.717, 1.165) is 12.1 Å². The Morgan fingerprint density at radius 3 is 2.63 bits per heavy atom. The van der Waals surface area contributed by atoms with Gasteiger partial charge >= 0.3 is 5.97 Å². The number of halogens is 2. The Bertz CT molecular complexity index is 444. The van der Waals surface area contributed by atoms with Crippen molar-refractivity contribution in [3.8, 4) is 0 Å². The molecule has 0 atom stereocenters. The highest BCUT2D eigenvalue weighted by Gasteiger charge is 2.19. The molecular weight excluding hydrogens is 256 g/mol. The van der Waals surface area contributed by atoms with Crippen molar-refractivity contribution in [2.75, 3.05) is 18.5 Å². The minimum Gasteiger partial charge on any atom is -0.382 e. The number of carbonyl (C=O) groups is 1. The molecule has 0 aliphatic rings. The van der Waals surface area contributed by atoms with Gasteiger partial charge in [-0.2, -0.15) is 4.89 Å². The van der Waals surface area contributed by atoms with Crippen LogP contribution in [0.15, 0.2) is 18.2 Å². The highest BCUT2D eigenvalue weighted by molar-refractivity contribution is 5.95. The molecule has 6 heteroatoms. The molecule has 1 aromatic carbocycles. The van der Waals surface area contributed by atoms with Crippen LogP contribution in [0.3, 0.4) is 0 Å². The van der Waals surface area contributed by atoms with Crippen LogP contribution < -0.4 is 5.32 Å². The van der Waals surface area contributed by atoms with Crippen molar-refractivity contribution >= 4 is 11.7 Å². The summed E-state index contributed by atoms with van der Waals surface area (Å²) in [4.78, 5) is 21.3. The summed E-state index contributed by atoms with van der Waals surface area (Å²) in [6, 6.07) is 3.47. The molecule has 0 aliphatic carbocycles.